The first-order chi connectivity index (χ1) is 7.70. The zero-order chi connectivity index (χ0) is 11.5. The Morgan fingerprint density at radius 1 is 1.12 bits per heavy atom. The van der Waals surface area contributed by atoms with E-state index in [1.54, 1.807) is 24.3 Å². The number of halogens is 1. The summed E-state index contributed by atoms with van der Waals surface area (Å²) >= 11 is 0. The Morgan fingerprint density at radius 2 is 1.81 bits per heavy atom. The molecule has 1 heterocycles. The topological polar surface area (TPSA) is 56.0 Å². The van der Waals surface area contributed by atoms with E-state index in [0.29, 0.717) is 5.69 Å². The minimum Gasteiger partial charge on any atom is -0.398 e. The molecule has 16 heavy (non-hydrogen) atoms. The Morgan fingerprint density at radius 3 is 2.50 bits per heavy atom. The van der Waals surface area contributed by atoms with Crippen LogP contribution in [0.1, 0.15) is 15.9 Å². The Bertz CT molecular complexity index is 493. The fraction of sp³-hybridized carbons (Fsp3) is 0. The lowest BCUT2D eigenvalue weighted by Crippen LogP contribution is -2.08. The molecule has 0 aliphatic carbocycles. The van der Waals surface area contributed by atoms with Gasteiger partial charge in [0.15, 0.2) is 5.78 Å². The second-order valence-corrected chi connectivity index (χ2v) is 3.26. The number of rotatable bonds is 2. The number of ketones is 1. The van der Waals surface area contributed by atoms with Crippen LogP contribution in [0.15, 0.2) is 42.6 Å². The largest absolute Gasteiger partial charge is 0.398 e. The highest BCUT2D eigenvalue weighted by atomic mass is 19.1. The smallest absolute Gasteiger partial charge is 0.224 e. The van der Waals surface area contributed by atoms with E-state index in [4.69, 9.17) is 5.73 Å². The van der Waals surface area contributed by atoms with Gasteiger partial charge in [-0.1, -0.05) is 12.1 Å². The van der Waals surface area contributed by atoms with Gasteiger partial charge >= 0.3 is 0 Å². The second-order valence-electron chi connectivity index (χ2n) is 3.26. The third kappa shape index (κ3) is 1.77. The van der Waals surface area contributed by atoms with Crippen LogP contribution in [-0.2, 0) is 0 Å². The number of carbonyl (C=O) groups excluding carboxylic acids is 1. The van der Waals surface area contributed by atoms with Crippen molar-refractivity contribution in [1.82, 2.24) is 4.98 Å². The summed E-state index contributed by atoms with van der Waals surface area (Å²) in [6.07, 6.45) is 1.29. The maximum atomic E-state index is 13.3. The van der Waals surface area contributed by atoms with Gasteiger partial charge < -0.3 is 5.73 Å². The highest BCUT2D eigenvalue weighted by Crippen LogP contribution is 2.16. The number of pyridine rings is 1. The van der Waals surface area contributed by atoms with Crippen LogP contribution in [-0.4, -0.2) is 10.8 Å². The number of benzene rings is 1. The van der Waals surface area contributed by atoms with Crippen molar-refractivity contribution in [3.05, 3.63) is 59.7 Å². The van der Waals surface area contributed by atoms with E-state index in [2.05, 4.69) is 4.98 Å². The number of carbonyl (C=O) groups is 1. The lowest BCUT2D eigenvalue weighted by Gasteiger charge is -2.04. The molecule has 80 valence electrons. The maximum Gasteiger partial charge on any atom is 0.224 e. The minimum absolute atomic E-state index is 0.0691. The third-order valence-corrected chi connectivity index (χ3v) is 2.21. The monoisotopic (exact) mass is 216 g/mol. The molecule has 0 amide bonds. The zero-order valence-corrected chi connectivity index (χ0v) is 8.35. The van der Waals surface area contributed by atoms with E-state index in [9.17, 15) is 9.18 Å². The van der Waals surface area contributed by atoms with E-state index in [0.717, 1.165) is 0 Å². The molecular formula is C12H9FN2O. The third-order valence-electron chi connectivity index (χ3n) is 2.21. The lowest BCUT2D eigenvalue weighted by atomic mass is 10.0. The van der Waals surface area contributed by atoms with Crippen molar-refractivity contribution in [1.29, 1.82) is 0 Å². The van der Waals surface area contributed by atoms with Gasteiger partial charge in [0.05, 0.1) is 5.56 Å². The quantitative estimate of drug-likeness (QED) is 0.474. The second kappa shape index (κ2) is 4.10. The summed E-state index contributed by atoms with van der Waals surface area (Å²) < 4.78 is 13.3. The van der Waals surface area contributed by atoms with Crippen molar-refractivity contribution >= 4 is 11.5 Å². The molecule has 0 saturated heterocycles. The molecule has 0 saturated carbocycles. The molecule has 0 fully saturated rings. The highest BCUT2D eigenvalue weighted by molar-refractivity contribution is 6.11. The summed E-state index contributed by atoms with van der Waals surface area (Å²) in [7, 11) is 0. The Balaban J connectivity index is 2.48. The van der Waals surface area contributed by atoms with Crippen LogP contribution in [0.4, 0.5) is 10.1 Å². The first-order valence-corrected chi connectivity index (χ1v) is 4.70. The molecule has 2 rings (SSSR count). The maximum absolute atomic E-state index is 13.3. The summed E-state index contributed by atoms with van der Waals surface area (Å²) in [6, 6.07) is 9.45. The van der Waals surface area contributed by atoms with Crippen molar-refractivity contribution in [2.45, 2.75) is 0 Å². The van der Waals surface area contributed by atoms with Gasteiger partial charge in [-0.2, -0.15) is 4.39 Å². The molecule has 4 heteroatoms. The van der Waals surface area contributed by atoms with Crippen molar-refractivity contribution in [3.8, 4) is 0 Å². The molecule has 3 nitrogen and oxygen atoms in total. The van der Waals surface area contributed by atoms with Crippen molar-refractivity contribution < 1.29 is 9.18 Å². The van der Waals surface area contributed by atoms with E-state index in [1.165, 1.54) is 18.3 Å². The summed E-state index contributed by atoms with van der Waals surface area (Å²) in [5.74, 6) is -1.24. The number of nitrogens with zero attached hydrogens (tertiary/aromatic N) is 1. The molecule has 1 aromatic heterocycles. The molecule has 0 spiro atoms. The van der Waals surface area contributed by atoms with Crippen LogP contribution < -0.4 is 5.73 Å². The summed E-state index contributed by atoms with van der Waals surface area (Å²) in [4.78, 5) is 15.4. The fourth-order valence-electron chi connectivity index (χ4n) is 1.40. The van der Waals surface area contributed by atoms with Crippen LogP contribution in [0, 0.1) is 5.95 Å². The molecular weight excluding hydrogens is 207 g/mol. The number of anilines is 1. The van der Waals surface area contributed by atoms with Crippen molar-refractivity contribution in [2.75, 3.05) is 5.73 Å². The fourth-order valence-corrected chi connectivity index (χ4v) is 1.40. The van der Waals surface area contributed by atoms with Gasteiger partial charge in [-0.3, -0.25) is 4.79 Å². The lowest BCUT2D eigenvalue weighted by molar-refractivity contribution is 0.103. The number of hydrogen-bond acceptors (Lipinski definition) is 3. The summed E-state index contributed by atoms with van der Waals surface area (Å²) in [5, 5.41) is 0. The highest BCUT2D eigenvalue weighted by Gasteiger charge is 2.15. The van der Waals surface area contributed by atoms with E-state index < -0.39 is 11.7 Å². The summed E-state index contributed by atoms with van der Waals surface area (Å²) in [5.41, 5.74) is 6.19. The number of aromatic nitrogens is 1. The van der Waals surface area contributed by atoms with Crippen LogP contribution in [0.2, 0.25) is 0 Å². The average Bonchev–Trinajstić information content (AvgIpc) is 2.29. The predicted octanol–water partition coefficient (Wildman–Crippen LogP) is 2.03. The molecule has 0 unspecified atom stereocenters. The molecule has 2 N–H and O–H groups in total. The molecule has 2 aromatic rings. The van der Waals surface area contributed by atoms with E-state index >= 15 is 0 Å². The number of nitrogen functional groups attached to an aromatic ring is 1. The van der Waals surface area contributed by atoms with Gasteiger partial charge in [-0.25, -0.2) is 4.98 Å². The summed E-state index contributed by atoms with van der Waals surface area (Å²) in [6.45, 7) is 0. The van der Waals surface area contributed by atoms with Gasteiger partial charge in [-0.05, 0) is 24.3 Å². The van der Waals surface area contributed by atoms with Crippen LogP contribution in [0.5, 0.6) is 0 Å². The van der Waals surface area contributed by atoms with Crippen molar-refractivity contribution in [3.63, 3.8) is 0 Å². The molecule has 0 atom stereocenters. The molecule has 1 aromatic carbocycles. The predicted molar refractivity (Wildman–Crippen MR) is 58.5 cm³/mol. The Labute approximate surface area is 91.7 Å². The number of hydrogen-bond donors (Lipinski definition) is 1. The first-order valence-electron chi connectivity index (χ1n) is 4.70. The van der Waals surface area contributed by atoms with Gasteiger partial charge in [0.25, 0.3) is 0 Å². The van der Waals surface area contributed by atoms with Crippen molar-refractivity contribution in [2.24, 2.45) is 0 Å². The van der Waals surface area contributed by atoms with Crippen LogP contribution >= 0.6 is 0 Å². The average molecular weight is 216 g/mol. The van der Waals surface area contributed by atoms with E-state index in [1.807, 2.05) is 0 Å². The SMILES string of the molecule is Nc1ccccc1C(=O)c1cccnc1F. The van der Waals surface area contributed by atoms with Crippen LogP contribution in [0.25, 0.3) is 0 Å². The number of nitrogens with two attached hydrogens (primary N) is 1. The first kappa shape index (κ1) is 10.3. The van der Waals surface area contributed by atoms with Crippen LogP contribution in [0.3, 0.4) is 0 Å². The molecule has 0 radical (unpaired) electrons. The standard InChI is InChI=1S/C12H9FN2O/c13-12-9(5-3-7-15-12)11(16)8-4-1-2-6-10(8)14/h1-7H,14H2. The molecule has 0 aliphatic heterocycles. The van der Waals surface area contributed by atoms with Gasteiger partial charge in [0.1, 0.15) is 0 Å². The zero-order valence-electron chi connectivity index (χ0n) is 8.35. The normalized spacial score (nSPS) is 10.1. The minimum atomic E-state index is -0.782. The molecule has 0 bridgehead atoms. The Kier molecular flexibility index (Phi) is 2.64. The Hall–Kier alpha value is -2.23. The van der Waals surface area contributed by atoms with Gasteiger partial charge in [0.2, 0.25) is 5.95 Å². The van der Waals surface area contributed by atoms with Gasteiger partial charge in [0, 0.05) is 17.4 Å². The number of para-hydroxylation sites is 1. The van der Waals surface area contributed by atoms with E-state index in [-0.39, 0.29) is 11.1 Å². The van der Waals surface area contributed by atoms with Gasteiger partial charge in [-0.15, -0.1) is 0 Å². The molecule has 0 aliphatic rings.